The second kappa shape index (κ2) is 7.44. The highest BCUT2D eigenvalue weighted by Crippen LogP contribution is 2.47. The van der Waals surface area contributed by atoms with Crippen LogP contribution in [0.1, 0.15) is 50.2 Å². The lowest BCUT2D eigenvalue weighted by atomic mass is 9.64. The summed E-state index contributed by atoms with van der Waals surface area (Å²) in [4.78, 5) is 5.07. The van der Waals surface area contributed by atoms with Crippen LogP contribution in [-0.4, -0.2) is 5.84 Å². The van der Waals surface area contributed by atoms with E-state index in [1.54, 1.807) is 0 Å². The third-order valence-corrected chi connectivity index (χ3v) is 6.49. The van der Waals surface area contributed by atoms with Gasteiger partial charge >= 0.3 is 0 Å². The molecule has 136 valence electrons. The number of hydrogen-bond donors (Lipinski definition) is 1. The van der Waals surface area contributed by atoms with Crippen molar-refractivity contribution in [1.29, 1.82) is 0 Å². The summed E-state index contributed by atoms with van der Waals surface area (Å²) in [5.41, 5.74) is 4.01. The zero-order valence-electron chi connectivity index (χ0n) is 15.5. The lowest BCUT2D eigenvalue weighted by Gasteiger charge is -2.44. The fourth-order valence-corrected chi connectivity index (χ4v) is 4.78. The maximum atomic E-state index is 6.14. The Labute approximate surface area is 161 Å². The number of nitrogens with zero attached hydrogens (tertiary/aromatic N) is 1. The van der Waals surface area contributed by atoms with Gasteiger partial charge in [0.1, 0.15) is 5.84 Å². The summed E-state index contributed by atoms with van der Waals surface area (Å²) < 4.78 is 0. The van der Waals surface area contributed by atoms with Gasteiger partial charge in [-0.15, -0.1) is 0 Å². The van der Waals surface area contributed by atoms with Crippen molar-refractivity contribution in [3.63, 3.8) is 0 Å². The first-order valence-corrected chi connectivity index (χ1v) is 10.2. The summed E-state index contributed by atoms with van der Waals surface area (Å²) in [5, 5.41) is 4.47. The topological polar surface area (TPSA) is 24.4 Å². The van der Waals surface area contributed by atoms with Crippen molar-refractivity contribution in [3.8, 4) is 0 Å². The highest BCUT2D eigenvalue weighted by molar-refractivity contribution is 6.30. The maximum absolute atomic E-state index is 6.14. The molecule has 4 rings (SSSR count). The van der Waals surface area contributed by atoms with Crippen molar-refractivity contribution < 1.29 is 0 Å². The summed E-state index contributed by atoms with van der Waals surface area (Å²) in [6.45, 7) is 3.01. The number of anilines is 1. The van der Waals surface area contributed by atoms with Gasteiger partial charge in [-0.25, -0.2) is 0 Å². The van der Waals surface area contributed by atoms with E-state index in [0.717, 1.165) is 17.4 Å². The van der Waals surface area contributed by atoms with Crippen LogP contribution in [0.4, 0.5) is 5.69 Å². The molecule has 1 spiro atoms. The van der Waals surface area contributed by atoms with E-state index in [0.29, 0.717) is 6.54 Å². The molecular weight excluding hydrogens is 340 g/mol. The van der Waals surface area contributed by atoms with Gasteiger partial charge in [-0.1, -0.05) is 55.3 Å². The molecule has 0 bridgehead atoms. The monoisotopic (exact) mass is 366 g/mol. The maximum Gasteiger partial charge on any atom is 0.108 e. The van der Waals surface area contributed by atoms with E-state index in [9.17, 15) is 0 Å². The van der Waals surface area contributed by atoms with Gasteiger partial charge in [-0.2, -0.15) is 0 Å². The Morgan fingerprint density at radius 2 is 1.92 bits per heavy atom. The van der Waals surface area contributed by atoms with Crippen LogP contribution in [0.2, 0.25) is 5.02 Å². The molecule has 1 fully saturated rings. The molecular formula is C23H27ClN2. The minimum atomic E-state index is 0.179. The quantitative estimate of drug-likeness (QED) is 0.659. The fourth-order valence-electron chi connectivity index (χ4n) is 4.57. The standard InChI is InChI=1S/C23H27ClN2/c1-2-17-10-12-23(13-11-17)15-19-7-3-4-9-21(19)26-22(23)25-16-18-6-5-8-20(24)14-18/h3-9,14,17H,2,10-13,15-16H2,1H3,(H,25,26). The number of para-hydroxylation sites is 1. The van der Waals surface area contributed by atoms with Crippen LogP contribution in [0.3, 0.4) is 0 Å². The average molecular weight is 367 g/mol. The Morgan fingerprint density at radius 3 is 2.69 bits per heavy atom. The van der Waals surface area contributed by atoms with Gasteiger partial charge in [0.05, 0.1) is 6.54 Å². The summed E-state index contributed by atoms with van der Waals surface area (Å²) >= 11 is 6.14. The smallest absolute Gasteiger partial charge is 0.108 e. The molecule has 3 heteroatoms. The number of amidine groups is 1. The van der Waals surface area contributed by atoms with E-state index in [-0.39, 0.29) is 5.41 Å². The first kappa shape index (κ1) is 17.6. The molecule has 0 amide bonds. The number of hydrogen-bond acceptors (Lipinski definition) is 1. The molecule has 1 aliphatic carbocycles. The third-order valence-electron chi connectivity index (χ3n) is 6.25. The van der Waals surface area contributed by atoms with Crippen molar-refractivity contribution in [1.82, 2.24) is 0 Å². The lowest BCUT2D eigenvalue weighted by Crippen LogP contribution is -2.44. The van der Waals surface area contributed by atoms with Crippen molar-refractivity contribution in [2.75, 3.05) is 5.32 Å². The van der Waals surface area contributed by atoms with E-state index in [4.69, 9.17) is 16.6 Å². The molecule has 0 aromatic heterocycles. The number of aliphatic imine (C=N–C) groups is 1. The number of benzene rings is 2. The van der Waals surface area contributed by atoms with E-state index >= 15 is 0 Å². The van der Waals surface area contributed by atoms with Crippen LogP contribution in [-0.2, 0) is 13.0 Å². The van der Waals surface area contributed by atoms with E-state index < -0.39 is 0 Å². The third kappa shape index (κ3) is 3.53. The Hall–Kier alpha value is -1.80. The number of nitrogens with one attached hydrogen (secondary N) is 1. The molecule has 0 atom stereocenters. The van der Waals surface area contributed by atoms with Gasteiger partial charge in [-0.3, -0.25) is 4.99 Å². The van der Waals surface area contributed by atoms with E-state index in [1.165, 1.54) is 54.8 Å². The van der Waals surface area contributed by atoms with Gasteiger partial charge in [0.15, 0.2) is 0 Å². The van der Waals surface area contributed by atoms with Gasteiger partial charge in [0.2, 0.25) is 0 Å². The Morgan fingerprint density at radius 1 is 1.12 bits per heavy atom. The van der Waals surface area contributed by atoms with Crippen molar-refractivity contribution in [2.45, 2.75) is 52.0 Å². The fraction of sp³-hybridized carbons (Fsp3) is 0.435. The summed E-state index contributed by atoms with van der Waals surface area (Å²) in [6, 6.07) is 16.7. The zero-order chi connectivity index (χ0) is 18.0. The Bertz CT molecular complexity index is 803. The van der Waals surface area contributed by atoms with Crippen LogP contribution in [0.25, 0.3) is 0 Å². The van der Waals surface area contributed by atoms with Crippen LogP contribution < -0.4 is 5.32 Å². The Balaban J connectivity index is 1.64. The summed E-state index contributed by atoms with van der Waals surface area (Å²) in [6.07, 6.45) is 7.52. The van der Waals surface area contributed by atoms with Gasteiger partial charge in [0, 0.05) is 16.1 Å². The van der Waals surface area contributed by atoms with Gasteiger partial charge in [0.25, 0.3) is 0 Å². The van der Waals surface area contributed by atoms with Crippen molar-refractivity contribution in [2.24, 2.45) is 16.3 Å². The molecule has 2 aromatic rings. The predicted molar refractivity (Wildman–Crippen MR) is 111 cm³/mol. The molecule has 2 aromatic carbocycles. The first-order chi connectivity index (χ1) is 12.7. The normalized spacial score (nSPS) is 26.5. The Kier molecular flexibility index (Phi) is 5.04. The SMILES string of the molecule is CCC1CCC2(CC1)Cc1ccccc1NC2=NCc1cccc(Cl)c1. The van der Waals surface area contributed by atoms with Gasteiger partial charge < -0.3 is 5.32 Å². The van der Waals surface area contributed by atoms with Crippen molar-refractivity contribution in [3.05, 3.63) is 64.7 Å². The highest BCUT2D eigenvalue weighted by atomic mass is 35.5. The second-order valence-electron chi connectivity index (χ2n) is 7.89. The number of fused-ring (bicyclic) bond motifs is 1. The molecule has 1 N–H and O–H groups in total. The molecule has 2 nitrogen and oxygen atoms in total. The van der Waals surface area contributed by atoms with Crippen LogP contribution in [0.5, 0.6) is 0 Å². The molecule has 2 aliphatic rings. The van der Waals surface area contributed by atoms with Crippen LogP contribution >= 0.6 is 11.6 Å². The second-order valence-corrected chi connectivity index (χ2v) is 8.32. The molecule has 0 radical (unpaired) electrons. The number of halogens is 1. The highest BCUT2D eigenvalue weighted by Gasteiger charge is 2.42. The largest absolute Gasteiger partial charge is 0.343 e. The predicted octanol–water partition coefficient (Wildman–Crippen LogP) is 6.49. The van der Waals surface area contributed by atoms with Gasteiger partial charge in [-0.05, 0) is 67.3 Å². The molecule has 0 saturated heterocycles. The first-order valence-electron chi connectivity index (χ1n) is 9.83. The summed E-state index contributed by atoms with van der Waals surface area (Å²) in [5.74, 6) is 2.07. The lowest BCUT2D eigenvalue weighted by molar-refractivity contribution is 0.214. The number of rotatable bonds is 3. The van der Waals surface area contributed by atoms with E-state index in [1.807, 2.05) is 18.2 Å². The average Bonchev–Trinajstić information content (AvgIpc) is 2.67. The van der Waals surface area contributed by atoms with Crippen LogP contribution in [0, 0.1) is 11.3 Å². The molecule has 1 aliphatic heterocycles. The molecule has 1 heterocycles. The summed E-state index contributed by atoms with van der Waals surface area (Å²) in [7, 11) is 0. The zero-order valence-corrected chi connectivity index (χ0v) is 16.2. The van der Waals surface area contributed by atoms with Crippen LogP contribution in [0.15, 0.2) is 53.5 Å². The minimum absolute atomic E-state index is 0.179. The minimum Gasteiger partial charge on any atom is -0.343 e. The van der Waals surface area contributed by atoms with E-state index in [2.05, 4.69) is 42.6 Å². The molecule has 0 unspecified atom stereocenters. The molecule has 1 saturated carbocycles. The van der Waals surface area contributed by atoms with Crippen molar-refractivity contribution >= 4 is 23.1 Å². The molecule has 26 heavy (non-hydrogen) atoms.